The summed E-state index contributed by atoms with van der Waals surface area (Å²) in [5, 5.41) is 3.20. The molecule has 1 heterocycles. The van der Waals surface area contributed by atoms with Gasteiger partial charge in [0.2, 0.25) is 5.91 Å². The average molecular weight is 200 g/mol. The fraction of sp³-hybridized carbons (Fsp3) is 0.900. The number of hydroxylamine groups is 1. The molecule has 4 heteroatoms. The van der Waals surface area contributed by atoms with Crippen LogP contribution in [-0.4, -0.2) is 24.6 Å². The van der Waals surface area contributed by atoms with Crippen LogP contribution in [0.15, 0.2) is 0 Å². The second kappa shape index (κ2) is 4.75. The van der Waals surface area contributed by atoms with Crippen LogP contribution in [-0.2, 0) is 9.63 Å². The Balaban J connectivity index is 2.27. The number of rotatable bonds is 2. The van der Waals surface area contributed by atoms with E-state index in [0.29, 0.717) is 0 Å². The first kappa shape index (κ1) is 11.5. The largest absolute Gasteiger partial charge is 0.316 e. The Hall–Kier alpha value is -0.610. The molecule has 14 heavy (non-hydrogen) atoms. The molecule has 1 aliphatic heterocycles. The van der Waals surface area contributed by atoms with Gasteiger partial charge in [0, 0.05) is 6.54 Å². The third-order valence-corrected chi connectivity index (χ3v) is 2.13. The summed E-state index contributed by atoms with van der Waals surface area (Å²) in [5.41, 5.74) is 2.19. The van der Waals surface area contributed by atoms with Gasteiger partial charge >= 0.3 is 0 Å². The van der Waals surface area contributed by atoms with Crippen LogP contribution < -0.4 is 10.8 Å². The molecular formula is C10H20N2O2. The van der Waals surface area contributed by atoms with E-state index in [1.165, 1.54) is 0 Å². The summed E-state index contributed by atoms with van der Waals surface area (Å²) in [7, 11) is 0. The lowest BCUT2D eigenvalue weighted by Crippen LogP contribution is -2.43. The van der Waals surface area contributed by atoms with E-state index in [0.717, 1.165) is 25.9 Å². The van der Waals surface area contributed by atoms with Crippen LogP contribution in [0.25, 0.3) is 0 Å². The van der Waals surface area contributed by atoms with Crippen LogP contribution in [0.1, 0.15) is 33.6 Å². The molecule has 0 saturated carbocycles. The number of hydrogen-bond donors (Lipinski definition) is 2. The zero-order chi connectivity index (χ0) is 10.6. The van der Waals surface area contributed by atoms with Crippen molar-refractivity contribution in [1.82, 2.24) is 10.8 Å². The van der Waals surface area contributed by atoms with Crippen LogP contribution in [0.5, 0.6) is 0 Å². The van der Waals surface area contributed by atoms with E-state index >= 15 is 0 Å². The highest BCUT2D eigenvalue weighted by molar-refractivity contribution is 5.77. The van der Waals surface area contributed by atoms with E-state index in [-0.39, 0.29) is 17.4 Å². The highest BCUT2D eigenvalue weighted by Gasteiger charge is 2.22. The van der Waals surface area contributed by atoms with Gasteiger partial charge in [0.15, 0.2) is 0 Å². The summed E-state index contributed by atoms with van der Waals surface area (Å²) >= 11 is 0. The van der Waals surface area contributed by atoms with Gasteiger partial charge in [-0.15, -0.1) is 0 Å². The Kier molecular flexibility index (Phi) is 3.89. The molecule has 1 atom stereocenters. The summed E-state index contributed by atoms with van der Waals surface area (Å²) in [6.07, 6.45) is 2.01. The minimum absolute atomic E-state index is 0.00729. The van der Waals surface area contributed by atoms with Crippen molar-refractivity contribution in [3.05, 3.63) is 0 Å². The van der Waals surface area contributed by atoms with Crippen molar-refractivity contribution < 1.29 is 9.63 Å². The molecular weight excluding hydrogens is 180 g/mol. The van der Waals surface area contributed by atoms with Crippen molar-refractivity contribution in [2.75, 3.05) is 13.1 Å². The molecule has 0 aromatic carbocycles. The number of carbonyl (C=O) groups excluding carboxylic acids is 1. The molecule has 0 aromatic rings. The summed E-state index contributed by atoms with van der Waals surface area (Å²) < 4.78 is 0. The molecule has 0 aromatic heterocycles. The monoisotopic (exact) mass is 200 g/mol. The Bertz CT molecular complexity index is 193. The fourth-order valence-corrected chi connectivity index (χ4v) is 1.36. The summed E-state index contributed by atoms with van der Waals surface area (Å²) in [4.78, 5) is 16.8. The third-order valence-electron chi connectivity index (χ3n) is 2.13. The van der Waals surface area contributed by atoms with Crippen LogP contribution in [0.3, 0.4) is 0 Å². The lowest BCUT2D eigenvalue weighted by Gasteiger charge is -2.24. The quantitative estimate of drug-likeness (QED) is 0.649. The predicted octanol–water partition coefficient (Wildman–Crippen LogP) is 0.832. The number of hydrogen-bond acceptors (Lipinski definition) is 3. The van der Waals surface area contributed by atoms with Gasteiger partial charge in [0.25, 0.3) is 0 Å². The van der Waals surface area contributed by atoms with Crippen molar-refractivity contribution in [2.45, 2.75) is 39.2 Å². The molecule has 0 unspecified atom stereocenters. The van der Waals surface area contributed by atoms with Gasteiger partial charge < -0.3 is 5.32 Å². The van der Waals surface area contributed by atoms with E-state index in [4.69, 9.17) is 4.84 Å². The predicted molar refractivity (Wildman–Crippen MR) is 54.6 cm³/mol. The third kappa shape index (κ3) is 4.07. The molecule has 2 N–H and O–H groups in total. The van der Waals surface area contributed by atoms with Crippen LogP contribution >= 0.6 is 0 Å². The molecule has 1 aliphatic rings. The standard InChI is InChI=1S/C10H20N2O2/c1-10(2,3)14-12-9(13)8-5-4-6-11-7-8/h8,11H,4-7H2,1-3H3,(H,12,13)/t8-/m1/s1. The van der Waals surface area contributed by atoms with Crippen LogP contribution in [0.4, 0.5) is 0 Å². The minimum Gasteiger partial charge on any atom is -0.316 e. The zero-order valence-corrected chi connectivity index (χ0v) is 9.22. The normalized spacial score (nSPS) is 23.2. The molecule has 0 spiro atoms. The highest BCUT2D eigenvalue weighted by Crippen LogP contribution is 2.11. The zero-order valence-electron chi connectivity index (χ0n) is 9.22. The lowest BCUT2D eigenvalue weighted by atomic mass is 9.99. The number of carbonyl (C=O) groups is 1. The Morgan fingerprint density at radius 3 is 2.71 bits per heavy atom. The van der Waals surface area contributed by atoms with E-state index in [1.807, 2.05) is 20.8 Å². The summed E-state index contributed by atoms with van der Waals surface area (Å²) in [6.45, 7) is 7.51. The maximum atomic E-state index is 11.6. The van der Waals surface area contributed by atoms with Gasteiger partial charge in [-0.3, -0.25) is 9.63 Å². The van der Waals surface area contributed by atoms with Gasteiger partial charge in [0.05, 0.1) is 11.5 Å². The maximum Gasteiger partial charge on any atom is 0.247 e. The fourth-order valence-electron chi connectivity index (χ4n) is 1.36. The molecule has 4 nitrogen and oxygen atoms in total. The number of amides is 1. The summed E-state index contributed by atoms with van der Waals surface area (Å²) in [5.74, 6) is 0.0539. The SMILES string of the molecule is CC(C)(C)ONC(=O)[C@@H]1CCCNC1. The van der Waals surface area contributed by atoms with E-state index in [1.54, 1.807) is 0 Å². The Morgan fingerprint density at radius 1 is 1.50 bits per heavy atom. The van der Waals surface area contributed by atoms with Crippen molar-refractivity contribution in [3.8, 4) is 0 Å². The van der Waals surface area contributed by atoms with E-state index in [2.05, 4.69) is 10.8 Å². The molecule has 1 amide bonds. The van der Waals surface area contributed by atoms with Crippen molar-refractivity contribution >= 4 is 5.91 Å². The topological polar surface area (TPSA) is 50.4 Å². The highest BCUT2D eigenvalue weighted by atomic mass is 16.7. The molecule has 1 saturated heterocycles. The second-order valence-corrected chi connectivity index (χ2v) is 4.72. The molecule has 0 bridgehead atoms. The van der Waals surface area contributed by atoms with Gasteiger partial charge in [-0.2, -0.15) is 0 Å². The van der Waals surface area contributed by atoms with Gasteiger partial charge in [-0.25, -0.2) is 5.48 Å². The van der Waals surface area contributed by atoms with Gasteiger partial charge in [-0.05, 0) is 40.2 Å². The summed E-state index contributed by atoms with van der Waals surface area (Å²) in [6, 6.07) is 0. The average Bonchev–Trinajstić information content (AvgIpc) is 2.14. The number of nitrogens with one attached hydrogen (secondary N) is 2. The Labute approximate surface area is 85.3 Å². The Morgan fingerprint density at radius 2 is 2.21 bits per heavy atom. The van der Waals surface area contributed by atoms with Crippen molar-refractivity contribution in [1.29, 1.82) is 0 Å². The van der Waals surface area contributed by atoms with Crippen LogP contribution in [0.2, 0.25) is 0 Å². The second-order valence-electron chi connectivity index (χ2n) is 4.72. The van der Waals surface area contributed by atoms with E-state index in [9.17, 15) is 4.79 Å². The number of piperidine rings is 1. The molecule has 0 aliphatic carbocycles. The first-order valence-electron chi connectivity index (χ1n) is 5.17. The molecule has 82 valence electrons. The first-order chi connectivity index (χ1) is 6.49. The van der Waals surface area contributed by atoms with Crippen LogP contribution in [0, 0.1) is 5.92 Å². The van der Waals surface area contributed by atoms with Crippen molar-refractivity contribution in [3.63, 3.8) is 0 Å². The van der Waals surface area contributed by atoms with E-state index < -0.39 is 0 Å². The van der Waals surface area contributed by atoms with Gasteiger partial charge in [0.1, 0.15) is 0 Å². The lowest BCUT2D eigenvalue weighted by molar-refractivity contribution is -0.150. The van der Waals surface area contributed by atoms with Gasteiger partial charge in [-0.1, -0.05) is 0 Å². The molecule has 1 rings (SSSR count). The minimum atomic E-state index is -0.322. The van der Waals surface area contributed by atoms with Crippen molar-refractivity contribution in [2.24, 2.45) is 5.92 Å². The molecule has 1 fully saturated rings. The maximum absolute atomic E-state index is 11.6. The molecule has 0 radical (unpaired) electrons. The first-order valence-corrected chi connectivity index (χ1v) is 5.17. The smallest absolute Gasteiger partial charge is 0.247 e.